The van der Waals surface area contributed by atoms with E-state index in [1.165, 1.54) is 0 Å². The highest BCUT2D eigenvalue weighted by Gasteiger charge is 2.31. The first-order valence-corrected chi connectivity index (χ1v) is 6.25. The molecule has 1 fully saturated rings. The van der Waals surface area contributed by atoms with Crippen LogP contribution in [-0.2, 0) is 0 Å². The molecular weight excluding hydrogens is 230 g/mol. The topological polar surface area (TPSA) is 66.3 Å². The number of rotatable bonds is 2. The fourth-order valence-corrected chi connectivity index (χ4v) is 2.65. The van der Waals surface area contributed by atoms with Gasteiger partial charge in [-0.05, 0) is 38.7 Å². The first-order valence-electron chi connectivity index (χ1n) is 6.25. The van der Waals surface area contributed by atoms with Crippen LogP contribution in [0.3, 0.4) is 0 Å². The second-order valence-corrected chi connectivity index (χ2v) is 5.26. The van der Waals surface area contributed by atoms with Crippen LogP contribution in [0.2, 0.25) is 0 Å². The van der Waals surface area contributed by atoms with Crippen molar-refractivity contribution in [1.82, 2.24) is 10.2 Å². The van der Waals surface area contributed by atoms with E-state index in [4.69, 9.17) is 0 Å². The minimum Gasteiger partial charge on any atom is -0.478 e. The Morgan fingerprint density at radius 3 is 2.50 bits per heavy atom. The van der Waals surface area contributed by atoms with Crippen molar-refractivity contribution in [2.24, 2.45) is 5.92 Å². The second kappa shape index (κ2) is 4.55. The van der Waals surface area contributed by atoms with Gasteiger partial charge in [0.05, 0.1) is 5.69 Å². The predicted molar refractivity (Wildman–Crippen MR) is 69.1 cm³/mol. The molecule has 2 unspecified atom stereocenters. The van der Waals surface area contributed by atoms with Crippen LogP contribution in [0.1, 0.15) is 41.9 Å². The summed E-state index contributed by atoms with van der Waals surface area (Å²) in [5.74, 6) is 0.153. The smallest absolute Gasteiger partial charge is 0.339 e. The molecule has 0 bridgehead atoms. The summed E-state index contributed by atoms with van der Waals surface area (Å²) in [6, 6.07) is 0.314. The number of carboxylic acids is 1. The van der Waals surface area contributed by atoms with Crippen molar-refractivity contribution in [3.05, 3.63) is 16.8 Å². The Morgan fingerprint density at radius 2 is 2.00 bits per heavy atom. The molecule has 2 atom stereocenters. The molecule has 0 radical (unpaired) electrons. The van der Waals surface area contributed by atoms with Crippen molar-refractivity contribution in [3.8, 4) is 0 Å². The van der Waals surface area contributed by atoms with Crippen molar-refractivity contribution in [2.45, 2.75) is 40.2 Å². The summed E-state index contributed by atoms with van der Waals surface area (Å²) >= 11 is 0. The number of carboxylic acid groups (broad SMARTS) is 1. The van der Waals surface area contributed by atoms with Gasteiger partial charge < -0.3 is 10.0 Å². The van der Waals surface area contributed by atoms with E-state index in [-0.39, 0.29) is 0 Å². The van der Waals surface area contributed by atoms with Gasteiger partial charge in [-0.1, -0.05) is 6.92 Å². The highest BCUT2D eigenvalue weighted by Crippen LogP contribution is 2.31. The van der Waals surface area contributed by atoms with E-state index in [0.717, 1.165) is 13.0 Å². The maximum absolute atomic E-state index is 11.4. The number of aromatic carboxylic acids is 1. The first kappa shape index (κ1) is 12.8. The zero-order chi connectivity index (χ0) is 13.4. The minimum atomic E-state index is -0.924. The van der Waals surface area contributed by atoms with Crippen LogP contribution in [0.25, 0.3) is 0 Å². The summed E-state index contributed by atoms with van der Waals surface area (Å²) in [5, 5.41) is 17.6. The van der Waals surface area contributed by atoms with Gasteiger partial charge in [0, 0.05) is 12.6 Å². The molecule has 1 aromatic heterocycles. The molecule has 5 heteroatoms. The van der Waals surface area contributed by atoms with E-state index in [0.29, 0.717) is 34.6 Å². The highest BCUT2D eigenvalue weighted by molar-refractivity contribution is 5.95. The number of hydrogen-bond donors (Lipinski definition) is 1. The Balaban J connectivity index is 2.51. The number of nitrogens with zero attached hydrogens (tertiary/aromatic N) is 3. The van der Waals surface area contributed by atoms with Gasteiger partial charge in [0.2, 0.25) is 0 Å². The Kier molecular flexibility index (Phi) is 3.24. The first-order chi connectivity index (χ1) is 8.41. The van der Waals surface area contributed by atoms with Gasteiger partial charge >= 0.3 is 5.97 Å². The molecule has 1 aliphatic rings. The van der Waals surface area contributed by atoms with Crippen LogP contribution in [0.5, 0.6) is 0 Å². The minimum absolute atomic E-state index is 0.295. The van der Waals surface area contributed by atoms with Gasteiger partial charge in [-0.25, -0.2) is 4.79 Å². The molecule has 1 aliphatic heterocycles. The molecule has 0 saturated carbocycles. The van der Waals surface area contributed by atoms with E-state index in [1.54, 1.807) is 13.8 Å². The predicted octanol–water partition coefficient (Wildman–Crippen LogP) is 2.03. The van der Waals surface area contributed by atoms with E-state index in [2.05, 4.69) is 28.9 Å². The van der Waals surface area contributed by atoms with Crippen LogP contribution in [0.4, 0.5) is 5.82 Å². The second-order valence-electron chi connectivity index (χ2n) is 5.26. The molecule has 5 nitrogen and oxygen atoms in total. The molecule has 2 rings (SSSR count). The third kappa shape index (κ3) is 2.05. The molecule has 0 aromatic carbocycles. The monoisotopic (exact) mass is 249 g/mol. The maximum Gasteiger partial charge on any atom is 0.339 e. The van der Waals surface area contributed by atoms with Crippen molar-refractivity contribution < 1.29 is 9.90 Å². The Hall–Kier alpha value is -1.65. The average molecular weight is 249 g/mol. The highest BCUT2D eigenvalue weighted by atomic mass is 16.4. The molecule has 0 aliphatic carbocycles. The average Bonchev–Trinajstić information content (AvgIpc) is 2.61. The summed E-state index contributed by atoms with van der Waals surface area (Å²) < 4.78 is 0. The number of aromatic nitrogens is 2. The molecule has 98 valence electrons. The van der Waals surface area contributed by atoms with E-state index >= 15 is 0 Å². The zero-order valence-electron chi connectivity index (χ0n) is 11.3. The lowest BCUT2D eigenvalue weighted by Crippen LogP contribution is -2.30. The lowest BCUT2D eigenvalue weighted by atomic mass is 10.1. The normalized spacial score (nSPS) is 23.4. The lowest BCUT2D eigenvalue weighted by molar-refractivity contribution is 0.0696. The van der Waals surface area contributed by atoms with Crippen LogP contribution in [0, 0.1) is 19.8 Å². The van der Waals surface area contributed by atoms with Gasteiger partial charge in [-0.3, -0.25) is 0 Å². The maximum atomic E-state index is 11.4. The number of carbonyl (C=O) groups is 1. The van der Waals surface area contributed by atoms with Crippen LogP contribution < -0.4 is 4.90 Å². The molecular formula is C13H19N3O2. The lowest BCUT2D eigenvalue weighted by Gasteiger charge is -2.24. The molecule has 1 saturated heterocycles. The summed E-state index contributed by atoms with van der Waals surface area (Å²) in [6.07, 6.45) is 1.06. The molecule has 1 N–H and O–H groups in total. The van der Waals surface area contributed by atoms with E-state index in [9.17, 15) is 9.90 Å². The van der Waals surface area contributed by atoms with Gasteiger partial charge in [0.1, 0.15) is 5.56 Å². The van der Waals surface area contributed by atoms with Crippen LogP contribution in [0.15, 0.2) is 0 Å². The van der Waals surface area contributed by atoms with Crippen molar-refractivity contribution >= 4 is 11.8 Å². The molecule has 2 heterocycles. The molecule has 1 aromatic rings. The van der Waals surface area contributed by atoms with Gasteiger partial charge in [0.25, 0.3) is 0 Å². The summed E-state index contributed by atoms with van der Waals surface area (Å²) in [5.41, 5.74) is 1.68. The Bertz CT molecular complexity index is 487. The molecule has 0 spiro atoms. The Morgan fingerprint density at radius 1 is 1.33 bits per heavy atom. The standard InChI is InChI=1S/C13H19N3O2/c1-7-5-8(2)16(6-7)12-11(13(17)18)9(3)10(4)14-15-12/h7-8H,5-6H2,1-4H3,(H,17,18). The summed E-state index contributed by atoms with van der Waals surface area (Å²) in [6.45, 7) is 8.70. The van der Waals surface area contributed by atoms with Gasteiger partial charge in [0.15, 0.2) is 5.82 Å². The number of aryl methyl sites for hydroxylation is 1. The van der Waals surface area contributed by atoms with Crippen molar-refractivity contribution in [2.75, 3.05) is 11.4 Å². The third-order valence-corrected chi connectivity index (χ3v) is 3.71. The van der Waals surface area contributed by atoms with Crippen LogP contribution in [-0.4, -0.2) is 33.9 Å². The van der Waals surface area contributed by atoms with E-state index < -0.39 is 5.97 Å². The van der Waals surface area contributed by atoms with E-state index in [1.807, 2.05) is 0 Å². The summed E-state index contributed by atoms with van der Waals surface area (Å²) in [7, 11) is 0. The largest absolute Gasteiger partial charge is 0.478 e. The van der Waals surface area contributed by atoms with Gasteiger partial charge in [-0.15, -0.1) is 5.10 Å². The van der Waals surface area contributed by atoms with Crippen LogP contribution >= 0.6 is 0 Å². The van der Waals surface area contributed by atoms with Gasteiger partial charge in [-0.2, -0.15) is 5.10 Å². The third-order valence-electron chi connectivity index (χ3n) is 3.71. The molecule has 0 amide bonds. The quantitative estimate of drug-likeness (QED) is 0.868. The van der Waals surface area contributed by atoms with Crippen molar-refractivity contribution in [1.29, 1.82) is 0 Å². The number of hydrogen-bond acceptors (Lipinski definition) is 4. The number of anilines is 1. The fraction of sp³-hybridized carbons (Fsp3) is 0.615. The molecule has 18 heavy (non-hydrogen) atoms. The van der Waals surface area contributed by atoms with Crippen molar-refractivity contribution in [3.63, 3.8) is 0 Å². The zero-order valence-corrected chi connectivity index (χ0v) is 11.3. The SMILES string of the molecule is Cc1nnc(N2CC(C)CC2C)c(C(=O)O)c1C. The fourth-order valence-electron chi connectivity index (χ4n) is 2.65. The Labute approximate surface area is 107 Å². The summed E-state index contributed by atoms with van der Waals surface area (Å²) in [4.78, 5) is 13.5.